The van der Waals surface area contributed by atoms with Crippen LogP contribution in [0.1, 0.15) is 5.56 Å². The van der Waals surface area contributed by atoms with E-state index in [1.54, 1.807) is 6.07 Å². The standard InChI is InChI=1S/C23H19FN6O3S/c1-27-20-19(21(32)28(2)23(27)33)29(13-25-20)12-18(31)30(11-14-6-4-3-5-7-14)22-26-16-9-8-15(24)10-17(16)34-22/h3-10,13H,11-12H2,1-2H3. The number of imidazole rings is 1. The van der Waals surface area contributed by atoms with Crippen molar-refractivity contribution in [1.29, 1.82) is 0 Å². The van der Waals surface area contributed by atoms with Gasteiger partial charge in [0.2, 0.25) is 5.91 Å². The van der Waals surface area contributed by atoms with Crippen LogP contribution in [0.25, 0.3) is 21.4 Å². The lowest BCUT2D eigenvalue weighted by Gasteiger charge is -2.20. The summed E-state index contributed by atoms with van der Waals surface area (Å²) >= 11 is 1.21. The predicted molar refractivity (Wildman–Crippen MR) is 127 cm³/mol. The zero-order valence-corrected chi connectivity index (χ0v) is 19.1. The highest BCUT2D eigenvalue weighted by molar-refractivity contribution is 7.22. The fourth-order valence-corrected chi connectivity index (χ4v) is 4.79. The third-order valence-corrected chi connectivity index (χ3v) is 6.62. The summed E-state index contributed by atoms with van der Waals surface area (Å²) < 4.78 is 18.0. The van der Waals surface area contributed by atoms with Crippen molar-refractivity contribution in [2.45, 2.75) is 13.1 Å². The average Bonchev–Trinajstić information content (AvgIpc) is 3.44. The Morgan fingerprint density at radius 1 is 1.09 bits per heavy atom. The summed E-state index contributed by atoms with van der Waals surface area (Å²) in [5.41, 5.74) is 0.796. The van der Waals surface area contributed by atoms with Crippen molar-refractivity contribution in [3.8, 4) is 0 Å². The molecule has 0 spiro atoms. The van der Waals surface area contributed by atoms with Gasteiger partial charge in [-0.05, 0) is 23.8 Å². The molecule has 0 saturated carbocycles. The molecule has 1 amide bonds. The molecular formula is C23H19FN6O3S. The summed E-state index contributed by atoms with van der Waals surface area (Å²) in [4.78, 5) is 48.7. The van der Waals surface area contributed by atoms with E-state index in [-0.39, 0.29) is 36.0 Å². The van der Waals surface area contributed by atoms with Crippen LogP contribution in [0.5, 0.6) is 0 Å². The number of amides is 1. The first-order chi connectivity index (χ1) is 16.3. The molecule has 0 bridgehead atoms. The predicted octanol–water partition coefficient (Wildman–Crippen LogP) is 2.42. The maximum atomic E-state index is 13.7. The minimum absolute atomic E-state index is 0.156. The van der Waals surface area contributed by atoms with E-state index in [4.69, 9.17) is 0 Å². The van der Waals surface area contributed by atoms with Gasteiger partial charge in [-0.2, -0.15) is 0 Å². The monoisotopic (exact) mass is 478 g/mol. The van der Waals surface area contributed by atoms with E-state index in [2.05, 4.69) is 9.97 Å². The summed E-state index contributed by atoms with van der Waals surface area (Å²) in [5, 5.41) is 0.416. The molecule has 3 heterocycles. The number of benzene rings is 2. The molecule has 0 atom stereocenters. The van der Waals surface area contributed by atoms with E-state index in [0.717, 1.165) is 10.1 Å². The van der Waals surface area contributed by atoms with Gasteiger partial charge in [0.25, 0.3) is 5.56 Å². The molecule has 11 heteroatoms. The van der Waals surface area contributed by atoms with Crippen LogP contribution in [0, 0.1) is 5.82 Å². The number of hydrogen-bond acceptors (Lipinski definition) is 6. The van der Waals surface area contributed by atoms with Crippen molar-refractivity contribution in [3.05, 3.63) is 87.1 Å². The van der Waals surface area contributed by atoms with E-state index in [9.17, 15) is 18.8 Å². The third kappa shape index (κ3) is 3.69. The van der Waals surface area contributed by atoms with Crippen LogP contribution >= 0.6 is 11.3 Å². The third-order valence-electron chi connectivity index (χ3n) is 5.58. The quantitative estimate of drug-likeness (QED) is 0.387. The second kappa shape index (κ2) is 8.34. The Labute approximate surface area is 196 Å². The lowest BCUT2D eigenvalue weighted by molar-refractivity contribution is -0.119. The van der Waals surface area contributed by atoms with Crippen LogP contribution in [-0.4, -0.2) is 29.6 Å². The number of fused-ring (bicyclic) bond motifs is 2. The summed E-state index contributed by atoms with van der Waals surface area (Å²) in [6.45, 7) is 0.0478. The van der Waals surface area contributed by atoms with Crippen LogP contribution < -0.4 is 16.1 Å². The Hall–Kier alpha value is -4.12. The average molecular weight is 479 g/mol. The van der Waals surface area contributed by atoms with E-state index >= 15 is 0 Å². The Balaban J connectivity index is 1.57. The Morgan fingerprint density at radius 2 is 1.85 bits per heavy atom. The Kier molecular flexibility index (Phi) is 5.33. The maximum Gasteiger partial charge on any atom is 0.332 e. The molecule has 0 unspecified atom stereocenters. The van der Waals surface area contributed by atoms with Gasteiger partial charge in [-0.25, -0.2) is 19.2 Å². The molecular weight excluding hydrogens is 459 g/mol. The van der Waals surface area contributed by atoms with Gasteiger partial charge in [-0.3, -0.25) is 23.6 Å². The lowest BCUT2D eigenvalue weighted by Crippen LogP contribution is -2.38. The second-order valence-corrected chi connectivity index (χ2v) is 8.83. The Morgan fingerprint density at radius 3 is 2.62 bits per heavy atom. The molecule has 0 N–H and O–H groups in total. The molecule has 0 radical (unpaired) electrons. The molecule has 34 heavy (non-hydrogen) atoms. The minimum Gasteiger partial charge on any atom is -0.315 e. The largest absolute Gasteiger partial charge is 0.332 e. The van der Waals surface area contributed by atoms with Gasteiger partial charge in [-0.15, -0.1) is 0 Å². The molecule has 3 aromatic heterocycles. The first kappa shape index (κ1) is 21.7. The molecule has 0 aliphatic heterocycles. The van der Waals surface area contributed by atoms with Gasteiger partial charge in [0.15, 0.2) is 16.3 Å². The smallest absolute Gasteiger partial charge is 0.315 e. The van der Waals surface area contributed by atoms with Crippen molar-refractivity contribution in [1.82, 2.24) is 23.7 Å². The first-order valence-corrected chi connectivity index (χ1v) is 11.2. The number of halogens is 1. The molecule has 2 aromatic carbocycles. The van der Waals surface area contributed by atoms with Gasteiger partial charge >= 0.3 is 5.69 Å². The highest BCUT2D eigenvalue weighted by atomic mass is 32.1. The van der Waals surface area contributed by atoms with E-state index in [1.165, 1.54) is 57.9 Å². The first-order valence-electron chi connectivity index (χ1n) is 10.3. The number of carbonyl (C=O) groups is 1. The zero-order chi connectivity index (χ0) is 24.0. The molecule has 5 aromatic rings. The SMILES string of the molecule is Cn1c(=O)c2c(ncn2CC(=O)N(Cc2ccccc2)c2nc3ccc(F)cc3s2)n(C)c1=O. The molecule has 0 aliphatic carbocycles. The fourth-order valence-electron chi connectivity index (χ4n) is 3.78. The molecule has 0 fully saturated rings. The lowest BCUT2D eigenvalue weighted by atomic mass is 10.2. The van der Waals surface area contributed by atoms with E-state index in [1.807, 2.05) is 30.3 Å². The van der Waals surface area contributed by atoms with Gasteiger partial charge in [-0.1, -0.05) is 41.7 Å². The molecule has 172 valence electrons. The van der Waals surface area contributed by atoms with Gasteiger partial charge < -0.3 is 4.57 Å². The maximum absolute atomic E-state index is 13.7. The minimum atomic E-state index is -0.534. The van der Waals surface area contributed by atoms with Crippen molar-refractivity contribution in [2.24, 2.45) is 14.1 Å². The molecule has 5 rings (SSSR count). The normalized spacial score (nSPS) is 11.4. The van der Waals surface area contributed by atoms with Crippen LogP contribution in [0.4, 0.5) is 9.52 Å². The van der Waals surface area contributed by atoms with Crippen LogP contribution in [-0.2, 0) is 32.0 Å². The topological polar surface area (TPSA) is 95.0 Å². The number of nitrogens with zero attached hydrogens (tertiary/aromatic N) is 6. The number of aryl methyl sites for hydroxylation is 1. The Bertz CT molecular complexity index is 1670. The summed E-state index contributed by atoms with van der Waals surface area (Å²) in [6, 6.07) is 13.7. The van der Waals surface area contributed by atoms with Crippen LogP contribution in [0.2, 0.25) is 0 Å². The number of thiazole rings is 1. The highest BCUT2D eigenvalue weighted by Crippen LogP contribution is 2.30. The summed E-state index contributed by atoms with van der Waals surface area (Å²) in [7, 11) is 2.90. The van der Waals surface area contributed by atoms with Crippen LogP contribution in [0.3, 0.4) is 0 Å². The van der Waals surface area contributed by atoms with Crippen molar-refractivity contribution in [2.75, 3.05) is 4.90 Å². The van der Waals surface area contributed by atoms with Gasteiger partial charge in [0.1, 0.15) is 12.4 Å². The van der Waals surface area contributed by atoms with Crippen LogP contribution in [0.15, 0.2) is 64.4 Å². The van der Waals surface area contributed by atoms with E-state index in [0.29, 0.717) is 15.3 Å². The fraction of sp³-hybridized carbons (Fsp3) is 0.174. The number of hydrogen-bond donors (Lipinski definition) is 0. The second-order valence-electron chi connectivity index (χ2n) is 7.82. The number of carbonyl (C=O) groups excluding carboxylic acids is 1. The molecule has 0 aliphatic rings. The summed E-state index contributed by atoms with van der Waals surface area (Å²) in [5.74, 6) is -0.714. The number of anilines is 1. The molecule has 9 nitrogen and oxygen atoms in total. The highest BCUT2D eigenvalue weighted by Gasteiger charge is 2.23. The zero-order valence-electron chi connectivity index (χ0n) is 18.3. The van der Waals surface area contributed by atoms with Gasteiger partial charge in [0.05, 0.1) is 23.1 Å². The van der Waals surface area contributed by atoms with Gasteiger partial charge in [0, 0.05) is 14.1 Å². The number of aromatic nitrogens is 5. The van der Waals surface area contributed by atoms with Crippen molar-refractivity contribution < 1.29 is 9.18 Å². The van der Waals surface area contributed by atoms with Crippen molar-refractivity contribution >= 4 is 43.8 Å². The number of rotatable bonds is 5. The summed E-state index contributed by atoms with van der Waals surface area (Å²) in [6.07, 6.45) is 1.37. The van der Waals surface area contributed by atoms with Crippen molar-refractivity contribution in [3.63, 3.8) is 0 Å². The molecule has 0 saturated heterocycles. The van der Waals surface area contributed by atoms with E-state index < -0.39 is 11.2 Å².